The summed E-state index contributed by atoms with van der Waals surface area (Å²) in [4.78, 5) is 14.5. The third-order valence-electron chi connectivity index (χ3n) is 4.80. The van der Waals surface area contributed by atoms with Crippen LogP contribution in [0, 0.1) is 6.92 Å². The molecule has 3 aromatic carbocycles. The van der Waals surface area contributed by atoms with Gasteiger partial charge in [0.05, 0.1) is 18.0 Å². The standard InChI is InChI=1S/C23H21N3O3S2/c1-17-9-5-6-12-19(17)24-22(27)16-30-23-25-31(28,29)21-14-8-7-13-20(21)26(23)15-18-10-3-2-4-11-18/h2-14H,15-16H2,1H3,(H,24,27). The first-order valence-corrected chi connectivity index (χ1v) is 12.1. The zero-order chi connectivity index (χ0) is 21.8. The zero-order valence-corrected chi connectivity index (χ0v) is 18.5. The van der Waals surface area contributed by atoms with Crippen LogP contribution in [-0.2, 0) is 21.4 Å². The summed E-state index contributed by atoms with van der Waals surface area (Å²) in [5.41, 5.74) is 3.26. The number of sulfonamides is 1. The molecule has 3 aromatic rings. The number of amides is 1. The van der Waals surface area contributed by atoms with Crippen LogP contribution in [0.2, 0.25) is 0 Å². The van der Waals surface area contributed by atoms with E-state index < -0.39 is 10.0 Å². The number of hydrogen-bond acceptors (Lipinski definition) is 5. The minimum Gasteiger partial charge on any atom is -0.325 e. The van der Waals surface area contributed by atoms with Gasteiger partial charge < -0.3 is 10.2 Å². The summed E-state index contributed by atoms with van der Waals surface area (Å²) in [5, 5.41) is 3.15. The van der Waals surface area contributed by atoms with E-state index in [1.807, 2.05) is 66.4 Å². The van der Waals surface area contributed by atoms with E-state index >= 15 is 0 Å². The maximum Gasteiger partial charge on any atom is 0.286 e. The molecule has 0 saturated heterocycles. The van der Waals surface area contributed by atoms with Gasteiger partial charge in [0, 0.05) is 5.69 Å². The average Bonchev–Trinajstić information content (AvgIpc) is 2.77. The van der Waals surface area contributed by atoms with Crippen LogP contribution < -0.4 is 10.2 Å². The first-order chi connectivity index (χ1) is 14.9. The number of aryl methyl sites for hydroxylation is 1. The van der Waals surface area contributed by atoms with Crippen molar-refractivity contribution in [1.82, 2.24) is 0 Å². The van der Waals surface area contributed by atoms with Crippen LogP contribution in [-0.4, -0.2) is 25.2 Å². The third-order valence-corrected chi connectivity index (χ3v) is 7.20. The smallest absolute Gasteiger partial charge is 0.286 e. The molecule has 4 rings (SSSR count). The number of para-hydroxylation sites is 2. The Labute approximate surface area is 186 Å². The highest BCUT2D eigenvalue weighted by Crippen LogP contribution is 2.35. The lowest BCUT2D eigenvalue weighted by atomic mass is 10.2. The number of carbonyl (C=O) groups excluding carboxylic acids is 1. The Hall–Kier alpha value is -3.10. The van der Waals surface area contributed by atoms with E-state index in [4.69, 9.17) is 0 Å². The van der Waals surface area contributed by atoms with Crippen molar-refractivity contribution < 1.29 is 13.2 Å². The maximum atomic E-state index is 12.7. The van der Waals surface area contributed by atoms with Gasteiger partial charge in [-0.05, 0) is 36.2 Å². The van der Waals surface area contributed by atoms with Gasteiger partial charge in [-0.25, -0.2) is 0 Å². The molecule has 0 unspecified atom stereocenters. The largest absolute Gasteiger partial charge is 0.325 e. The molecule has 0 aromatic heterocycles. The highest BCUT2D eigenvalue weighted by Gasteiger charge is 2.31. The van der Waals surface area contributed by atoms with E-state index in [0.717, 1.165) is 28.6 Å². The number of carbonyl (C=O) groups is 1. The van der Waals surface area contributed by atoms with Gasteiger partial charge >= 0.3 is 0 Å². The van der Waals surface area contributed by atoms with Crippen LogP contribution in [0.15, 0.2) is 88.2 Å². The molecule has 0 fully saturated rings. The predicted octanol–water partition coefficient (Wildman–Crippen LogP) is 4.43. The number of nitrogens with one attached hydrogen (secondary N) is 1. The van der Waals surface area contributed by atoms with Crippen LogP contribution >= 0.6 is 11.8 Å². The van der Waals surface area contributed by atoms with Crippen molar-refractivity contribution in [2.45, 2.75) is 18.4 Å². The third kappa shape index (κ3) is 4.81. The number of anilines is 2. The molecule has 8 heteroatoms. The predicted molar refractivity (Wildman–Crippen MR) is 126 cm³/mol. The molecule has 1 heterocycles. The second-order valence-corrected chi connectivity index (χ2v) is 9.56. The van der Waals surface area contributed by atoms with Gasteiger partial charge in [-0.1, -0.05) is 72.4 Å². The normalized spacial score (nSPS) is 14.5. The Balaban J connectivity index is 1.58. The Morgan fingerprint density at radius 2 is 1.65 bits per heavy atom. The van der Waals surface area contributed by atoms with Crippen molar-refractivity contribution in [3.8, 4) is 0 Å². The Bertz CT molecular complexity index is 1240. The van der Waals surface area contributed by atoms with Crippen molar-refractivity contribution in [3.05, 3.63) is 90.0 Å². The SMILES string of the molecule is Cc1ccccc1NC(=O)CSC1=NS(=O)(=O)c2ccccc2N1Cc1ccccc1. The molecule has 6 nitrogen and oxygen atoms in total. The van der Waals surface area contributed by atoms with Crippen LogP contribution in [0.4, 0.5) is 11.4 Å². The number of rotatable bonds is 5. The molecule has 0 atom stereocenters. The molecule has 1 aliphatic rings. The molecule has 0 saturated carbocycles. The van der Waals surface area contributed by atoms with Crippen LogP contribution in [0.3, 0.4) is 0 Å². The lowest BCUT2D eigenvalue weighted by Crippen LogP contribution is -2.34. The lowest BCUT2D eigenvalue weighted by molar-refractivity contribution is -0.113. The Morgan fingerprint density at radius 1 is 0.968 bits per heavy atom. The van der Waals surface area contributed by atoms with Gasteiger partial charge in [-0.2, -0.15) is 8.42 Å². The quantitative estimate of drug-likeness (QED) is 0.621. The molecule has 0 radical (unpaired) electrons. The zero-order valence-electron chi connectivity index (χ0n) is 16.9. The molecular formula is C23H21N3O3S2. The van der Waals surface area contributed by atoms with Crippen molar-refractivity contribution in [2.75, 3.05) is 16.0 Å². The van der Waals surface area contributed by atoms with E-state index in [0.29, 0.717) is 12.2 Å². The molecule has 1 aliphatic heterocycles. The van der Waals surface area contributed by atoms with E-state index in [9.17, 15) is 13.2 Å². The summed E-state index contributed by atoms with van der Waals surface area (Å²) < 4.78 is 29.5. The second kappa shape index (κ2) is 8.95. The molecule has 1 N–H and O–H groups in total. The number of thioether (sulfide) groups is 1. The van der Waals surface area contributed by atoms with Crippen LogP contribution in [0.1, 0.15) is 11.1 Å². The van der Waals surface area contributed by atoms with Crippen molar-refractivity contribution in [1.29, 1.82) is 0 Å². The molecule has 0 spiro atoms. The highest BCUT2D eigenvalue weighted by molar-refractivity contribution is 8.15. The molecule has 0 aliphatic carbocycles. The molecule has 31 heavy (non-hydrogen) atoms. The van der Waals surface area contributed by atoms with Gasteiger partial charge in [0.2, 0.25) is 5.91 Å². The summed E-state index contributed by atoms with van der Waals surface area (Å²) in [6.45, 7) is 2.36. The van der Waals surface area contributed by atoms with Crippen molar-refractivity contribution >= 4 is 44.2 Å². The van der Waals surface area contributed by atoms with Gasteiger partial charge in [0.25, 0.3) is 10.0 Å². The number of nitrogens with zero attached hydrogens (tertiary/aromatic N) is 2. The first-order valence-electron chi connectivity index (χ1n) is 9.68. The fraction of sp³-hybridized carbons (Fsp3) is 0.130. The molecule has 1 amide bonds. The number of fused-ring (bicyclic) bond motifs is 1. The highest BCUT2D eigenvalue weighted by atomic mass is 32.2. The fourth-order valence-corrected chi connectivity index (χ4v) is 5.51. The van der Waals surface area contributed by atoms with E-state index in [-0.39, 0.29) is 21.7 Å². The van der Waals surface area contributed by atoms with Crippen molar-refractivity contribution in [2.24, 2.45) is 4.40 Å². The Morgan fingerprint density at radius 3 is 2.42 bits per heavy atom. The lowest BCUT2D eigenvalue weighted by Gasteiger charge is -2.30. The molecular weight excluding hydrogens is 430 g/mol. The summed E-state index contributed by atoms with van der Waals surface area (Å²) in [6, 6.07) is 24.0. The Kier molecular flexibility index (Phi) is 6.11. The first kappa shape index (κ1) is 21.1. The van der Waals surface area contributed by atoms with Crippen LogP contribution in [0.25, 0.3) is 0 Å². The van der Waals surface area contributed by atoms with Gasteiger partial charge in [0.1, 0.15) is 4.90 Å². The van der Waals surface area contributed by atoms with Gasteiger partial charge in [-0.15, -0.1) is 4.40 Å². The van der Waals surface area contributed by atoms with Crippen molar-refractivity contribution in [3.63, 3.8) is 0 Å². The van der Waals surface area contributed by atoms with Gasteiger partial charge in [-0.3, -0.25) is 4.79 Å². The maximum absolute atomic E-state index is 12.7. The number of hydrogen-bond donors (Lipinski definition) is 1. The molecule has 158 valence electrons. The monoisotopic (exact) mass is 451 g/mol. The van der Waals surface area contributed by atoms with E-state index in [1.165, 1.54) is 0 Å². The van der Waals surface area contributed by atoms with E-state index in [2.05, 4.69) is 9.71 Å². The summed E-state index contributed by atoms with van der Waals surface area (Å²) in [6.07, 6.45) is 0. The minimum absolute atomic E-state index is 0.0378. The minimum atomic E-state index is -3.84. The fourth-order valence-electron chi connectivity index (χ4n) is 3.26. The summed E-state index contributed by atoms with van der Waals surface area (Å²) in [5.74, 6) is -0.186. The van der Waals surface area contributed by atoms with Gasteiger partial charge in [0.15, 0.2) is 5.17 Å². The number of benzene rings is 3. The van der Waals surface area contributed by atoms with E-state index in [1.54, 1.807) is 24.3 Å². The van der Waals surface area contributed by atoms with Crippen LogP contribution in [0.5, 0.6) is 0 Å². The topological polar surface area (TPSA) is 78.8 Å². The average molecular weight is 452 g/mol. The number of amidine groups is 1. The summed E-state index contributed by atoms with van der Waals surface area (Å²) in [7, 11) is -3.84. The second-order valence-electron chi connectivity index (χ2n) is 7.04. The summed E-state index contributed by atoms with van der Waals surface area (Å²) >= 11 is 1.11. The molecule has 0 bridgehead atoms.